The lowest BCUT2D eigenvalue weighted by Crippen LogP contribution is -2.12. The molecule has 0 atom stereocenters. The molecule has 5 heterocycles. The lowest BCUT2D eigenvalue weighted by atomic mass is 10.00. The molecule has 0 saturated heterocycles. The number of anilines is 2. The molecule has 3 aromatic heterocycles. The van der Waals surface area contributed by atoms with E-state index in [0.29, 0.717) is 36.4 Å². The zero-order valence-corrected chi connectivity index (χ0v) is 33.6. The Bertz CT molecular complexity index is 3520. The SMILES string of the molecule is Nc1c(N)c2c(-c3c(F)c(F)c(F)c(F)c3F)c3nc(c(-c4c(F)c(F)c(F)c(F)c4F)c4ccc([nH]4)c(-c4c(F)c(F)c(F)c(F)c4F)c4nc(c(-c5c(F)c(F)c(F)c(F)c5F)c1n2N)C=C4)C=C3. The zero-order valence-electron chi connectivity index (χ0n) is 33.6. The highest BCUT2D eigenvalue weighted by atomic mass is 19.2. The Balaban J connectivity index is 1.66. The number of halogens is 20. The van der Waals surface area contributed by atoms with Crippen molar-refractivity contribution in [3.05, 3.63) is 151 Å². The van der Waals surface area contributed by atoms with Crippen LogP contribution in [0.15, 0.2) is 12.1 Å². The molecule has 8 bridgehead atoms. The van der Waals surface area contributed by atoms with Crippen LogP contribution in [0.1, 0.15) is 22.8 Å². The van der Waals surface area contributed by atoms with Crippen molar-refractivity contribution < 1.29 is 87.8 Å². The van der Waals surface area contributed by atoms with E-state index in [2.05, 4.69) is 15.0 Å². The molecule has 0 unspecified atom stereocenters. The molecular weight excluding hydrogens is 1010 g/mol. The average molecular weight is 1020 g/mol. The van der Waals surface area contributed by atoms with Crippen molar-refractivity contribution in [1.82, 2.24) is 19.6 Å². The molecule has 0 spiro atoms. The fraction of sp³-hybridized carbons (Fsp3) is 0. The van der Waals surface area contributed by atoms with Gasteiger partial charge in [-0.1, -0.05) is 0 Å². The number of rotatable bonds is 4. The van der Waals surface area contributed by atoms with Gasteiger partial charge in [0.15, 0.2) is 93.1 Å². The summed E-state index contributed by atoms with van der Waals surface area (Å²) < 4.78 is 306. The summed E-state index contributed by atoms with van der Waals surface area (Å²) in [6.07, 6.45) is 2.02. The van der Waals surface area contributed by atoms with E-state index in [4.69, 9.17) is 17.3 Å². The fourth-order valence-electron chi connectivity index (χ4n) is 7.94. The second-order valence-corrected chi connectivity index (χ2v) is 14.9. The van der Waals surface area contributed by atoms with Crippen LogP contribution in [0.2, 0.25) is 0 Å². The van der Waals surface area contributed by atoms with Crippen LogP contribution >= 0.6 is 0 Å². The molecule has 2 aliphatic heterocycles. The molecule has 0 fully saturated rings. The summed E-state index contributed by atoms with van der Waals surface area (Å²) in [7, 11) is 0. The van der Waals surface area contributed by atoms with Crippen LogP contribution in [0.4, 0.5) is 99.2 Å². The summed E-state index contributed by atoms with van der Waals surface area (Å²) >= 11 is 0. The third kappa shape index (κ3) is 6.53. The second-order valence-electron chi connectivity index (χ2n) is 14.9. The Kier molecular flexibility index (Phi) is 10.9. The van der Waals surface area contributed by atoms with E-state index in [1.54, 1.807) is 0 Å². The number of aromatic amines is 1. The van der Waals surface area contributed by atoms with Gasteiger partial charge in [0.05, 0.1) is 67.4 Å². The maximum Gasteiger partial charge on any atom is 0.200 e. The van der Waals surface area contributed by atoms with Gasteiger partial charge in [0.1, 0.15) is 0 Å². The van der Waals surface area contributed by atoms with Gasteiger partial charge in [-0.25, -0.2) is 97.8 Å². The summed E-state index contributed by atoms with van der Waals surface area (Å²) in [5.41, 5.74) is -13.3. The van der Waals surface area contributed by atoms with Gasteiger partial charge in [-0.15, -0.1) is 0 Å². The van der Waals surface area contributed by atoms with E-state index in [1.807, 2.05) is 0 Å². The maximum atomic E-state index is 16.0. The van der Waals surface area contributed by atoms with Gasteiger partial charge in [0.2, 0.25) is 23.3 Å². The molecule has 0 aliphatic carbocycles. The maximum absolute atomic E-state index is 16.0. The Morgan fingerprint density at radius 1 is 0.296 bits per heavy atom. The van der Waals surface area contributed by atoms with Gasteiger partial charge < -0.3 is 22.3 Å². The minimum atomic E-state index is -2.79. The first-order valence-electron chi connectivity index (χ1n) is 18.9. The van der Waals surface area contributed by atoms with Crippen molar-refractivity contribution >= 4 is 57.7 Å². The normalized spacial score (nSPS) is 12.3. The number of H-pyrrole nitrogens is 1. The molecular formula is C44H13F20N7. The minimum Gasteiger partial charge on any atom is -0.395 e. The number of aromatic nitrogens is 4. The zero-order chi connectivity index (χ0) is 51.9. The summed E-state index contributed by atoms with van der Waals surface area (Å²) in [6.45, 7) is 0. The molecule has 7 aromatic rings. The van der Waals surface area contributed by atoms with E-state index >= 15 is 52.7 Å². The van der Waals surface area contributed by atoms with Crippen LogP contribution in [0.5, 0.6) is 0 Å². The van der Waals surface area contributed by atoms with Gasteiger partial charge in [0.25, 0.3) is 0 Å². The topological polar surface area (TPSA) is 125 Å². The number of hydrogen-bond acceptors (Lipinski definition) is 5. The molecule has 0 radical (unpaired) electrons. The van der Waals surface area contributed by atoms with Crippen molar-refractivity contribution in [3.8, 4) is 44.5 Å². The van der Waals surface area contributed by atoms with Crippen LogP contribution in [-0.4, -0.2) is 19.6 Å². The highest BCUT2D eigenvalue weighted by Gasteiger charge is 2.37. The fourth-order valence-corrected chi connectivity index (χ4v) is 7.94. The number of benzene rings is 4. The van der Waals surface area contributed by atoms with Crippen LogP contribution in [0.3, 0.4) is 0 Å². The Morgan fingerprint density at radius 2 is 0.493 bits per heavy atom. The van der Waals surface area contributed by atoms with E-state index in [-0.39, 0.29) is 4.68 Å². The van der Waals surface area contributed by atoms with Crippen LogP contribution in [0, 0.1) is 116 Å². The lowest BCUT2D eigenvalue weighted by molar-refractivity contribution is 0.381. The number of nitrogen functional groups attached to an aromatic ring is 3. The third-order valence-corrected chi connectivity index (χ3v) is 11.1. The standard InChI is InChI=1S/C44H13F20N7/c45-21-17(22(46)30(54)37(61)29(21)53)13-7-1-2-8(68-7)14(18-23(47)31(55)38(62)32(56)24(18)48)10-4-6-12(70-10)16(20-27(51)35(59)40(64)36(60)28(20)52)44-42(66)41(65)43(71(44)67)15(11-5-3-9(13)69-11)19-25(49)33(57)39(63)34(58)26(19)50/h1-6,68H,65-67H2. The quantitative estimate of drug-likeness (QED) is 0.0605. The van der Waals surface area contributed by atoms with E-state index < -0.39 is 217 Å². The monoisotopic (exact) mass is 1020 g/mol. The minimum absolute atomic E-state index is 0.111. The van der Waals surface area contributed by atoms with E-state index in [1.165, 1.54) is 0 Å². The van der Waals surface area contributed by atoms with Crippen molar-refractivity contribution in [2.24, 2.45) is 0 Å². The molecule has 27 heteroatoms. The molecule has 7 N–H and O–H groups in total. The van der Waals surface area contributed by atoms with Crippen molar-refractivity contribution in [2.75, 3.05) is 17.3 Å². The molecule has 364 valence electrons. The van der Waals surface area contributed by atoms with Crippen LogP contribution in [-0.2, 0) is 0 Å². The summed E-state index contributed by atoms with van der Waals surface area (Å²) in [5.74, 6) is -47.9. The Morgan fingerprint density at radius 3 is 0.732 bits per heavy atom. The molecule has 0 amide bonds. The van der Waals surface area contributed by atoms with Crippen molar-refractivity contribution in [3.63, 3.8) is 0 Å². The second kappa shape index (κ2) is 16.3. The van der Waals surface area contributed by atoms with Crippen LogP contribution in [0.25, 0.3) is 90.9 Å². The van der Waals surface area contributed by atoms with E-state index in [9.17, 15) is 35.1 Å². The molecule has 7 nitrogen and oxygen atoms in total. The predicted octanol–water partition coefficient (Wildman–Crippen LogP) is 12.5. The first kappa shape index (κ1) is 47.5. The predicted molar refractivity (Wildman–Crippen MR) is 212 cm³/mol. The highest BCUT2D eigenvalue weighted by Crippen LogP contribution is 2.48. The molecule has 9 rings (SSSR count). The summed E-state index contributed by atoms with van der Waals surface area (Å²) in [6, 6.07) is 1.17. The average Bonchev–Trinajstić information content (AvgIpc) is 4.18. The van der Waals surface area contributed by atoms with Gasteiger partial charge in [-0.05, 0) is 36.4 Å². The number of fused-ring (bicyclic) bond motifs is 8. The molecule has 2 aliphatic rings. The number of nitrogens with one attached hydrogen (secondary N) is 1. The Hall–Kier alpha value is -8.52. The summed E-state index contributed by atoms with van der Waals surface area (Å²) in [4.78, 5) is 10.0. The first-order valence-corrected chi connectivity index (χ1v) is 18.9. The number of hydrogen-bond donors (Lipinski definition) is 4. The highest BCUT2D eigenvalue weighted by molar-refractivity contribution is 6.10. The van der Waals surface area contributed by atoms with E-state index in [0.717, 1.165) is 0 Å². The van der Waals surface area contributed by atoms with Crippen molar-refractivity contribution in [1.29, 1.82) is 0 Å². The van der Waals surface area contributed by atoms with Gasteiger partial charge >= 0.3 is 0 Å². The smallest absolute Gasteiger partial charge is 0.200 e. The summed E-state index contributed by atoms with van der Waals surface area (Å²) in [5, 5.41) is 0. The number of nitrogens with two attached hydrogens (primary N) is 3. The molecule has 71 heavy (non-hydrogen) atoms. The third-order valence-electron chi connectivity index (χ3n) is 11.1. The van der Waals surface area contributed by atoms with Gasteiger partial charge in [-0.3, -0.25) is 4.68 Å². The van der Waals surface area contributed by atoms with Crippen molar-refractivity contribution in [2.45, 2.75) is 0 Å². The van der Waals surface area contributed by atoms with Crippen LogP contribution < -0.4 is 17.3 Å². The first-order chi connectivity index (χ1) is 33.3. The van der Waals surface area contributed by atoms with Gasteiger partial charge in [0, 0.05) is 33.3 Å². The number of nitrogens with zero attached hydrogens (tertiary/aromatic N) is 3. The molecule has 0 saturated carbocycles. The molecule has 4 aromatic carbocycles. The Labute approximate surface area is 378 Å². The largest absolute Gasteiger partial charge is 0.395 e. The lowest BCUT2D eigenvalue weighted by Gasteiger charge is -2.13. The van der Waals surface area contributed by atoms with Gasteiger partial charge in [-0.2, -0.15) is 0 Å².